The molecule has 31 heavy (non-hydrogen) atoms. The molecule has 3 aromatic rings. The minimum Gasteiger partial charge on any atom is -0.324 e. The van der Waals surface area contributed by atoms with E-state index in [2.05, 4.69) is 10.3 Å². The first-order valence-electron chi connectivity index (χ1n) is 10.1. The predicted octanol–water partition coefficient (Wildman–Crippen LogP) is 3.38. The Labute approximate surface area is 185 Å². The molecule has 0 spiro atoms. The lowest BCUT2D eigenvalue weighted by molar-refractivity contribution is -0.118. The molecule has 0 aliphatic carbocycles. The van der Waals surface area contributed by atoms with Crippen molar-refractivity contribution in [2.45, 2.75) is 18.9 Å². The van der Waals surface area contributed by atoms with E-state index >= 15 is 0 Å². The van der Waals surface area contributed by atoms with E-state index in [0.717, 1.165) is 28.3 Å². The van der Waals surface area contributed by atoms with E-state index in [1.165, 1.54) is 8.61 Å². The molecule has 1 amide bonds. The summed E-state index contributed by atoms with van der Waals surface area (Å²) in [5, 5.41) is 5.27. The molecule has 1 fully saturated rings. The minimum absolute atomic E-state index is 0.0657. The molecule has 0 unspecified atom stereocenters. The van der Waals surface area contributed by atoms with Gasteiger partial charge in [-0.25, -0.2) is 0 Å². The first kappa shape index (κ1) is 20.4. The van der Waals surface area contributed by atoms with Gasteiger partial charge in [0.05, 0.1) is 17.8 Å². The molecule has 0 radical (unpaired) electrons. The average Bonchev–Trinajstić information content (AvgIpc) is 2.71. The lowest BCUT2D eigenvalue weighted by Crippen LogP contribution is -2.52. The van der Waals surface area contributed by atoms with Gasteiger partial charge in [-0.15, -0.1) is 0 Å². The summed E-state index contributed by atoms with van der Waals surface area (Å²) in [5.41, 5.74) is 2.14. The van der Waals surface area contributed by atoms with Crippen LogP contribution in [-0.2, 0) is 21.5 Å². The van der Waals surface area contributed by atoms with Crippen LogP contribution in [0.5, 0.6) is 0 Å². The summed E-state index contributed by atoms with van der Waals surface area (Å²) < 4.78 is 28.9. The molecule has 2 aromatic carbocycles. The second kappa shape index (κ2) is 7.87. The topological polar surface area (TPSA) is 82.6 Å². The van der Waals surface area contributed by atoms with Gasteiger partial charge in [0.25, 0.3) is 10.2 Å². The van der Waals surface area contributed by atoms with Gasteiger partial charge in [-0.2, -0.15) is 17.0 Å². The van der Waals surface area contributed by atoms with Gasteiger partial charge in [0, 0.05) is 48.2 Å². The zero-order chi connectivity index (χ0) is 21.6. The fourth-order valence-corrected chi connectivity index (χ4v) is 5.97. The average molecular weight is 457 g/mol. The van der Waals surface area contributed by atoms with Crippen molar-refractivity contribution in [3.05, 3.63) is 71.0 Å². The van der Waals surface area contributed by atoms with Gasteiger partial charge in [-0.1, -0.05) is 41.9 Å². The molecule has 1 aromatic heterocycles. The van der Waals surface area contributed by atoms with Crippen molar-refractivity contribution in [1.82, 2.24) is 13.6 Å². The van der Waals surface area contributed by atoms with Gasteiger partial charge in [0.15, 0.2) is 0 Å². The summed E-state index contributed by atoms with van der Waals surface area (Å²) in [6, 6.07) is 12.9. The number of carbonyl (C=O) groups is 1. The number of benzene rings is 2. The van der Waals surface area contributed by atoms with Crippen molar-refractivity contribution in [3.8, 4) is 0 Å². The molecule has 2 aliphatic rings. The number of pyridine rings is 1. The quantitative estimate of drug-likeness (QED) is 0.652. The van der Waals surface area contributed by atoms with Gasteiger partial charge < -0.3 is 5.32 Å². The second-order valence-corrected chi connectivity index (χ2v) is 10.2. The summed E-state index contributed by atoms with van der Waals surface area (Å²) in [6.07, 6.45) is 4.20. The van der Waals surface area contributed by atoms with Crippen LogP contribution in [0.4, 0.5) is 5.69 Å². The van der Waals surface area contributed by atoms with Crippen LogP contribution in [0.15, 0.2) is 54.9 Å². The third-order valence-corrected chi connectivity index (χ3v) is 8.11. The Bertz CT molecular complexity index is 1270. The number of aromatic nitrogens is 1. The van der Waals surface area contributed by atoms with E-state index in [1.807, 2.05) is 24.3 Å². The molecule has 5 rings (SSSR count). The van der Waals surface area contributed by atoms with Crippen LogP contribution in [0.1, 0.15) is 23.5 Å². The van der Waals surface area contributed by atoms with Crippen LogP contribution in [0.25, 0.3) is 10.8 Å². The molecule has 7 nitrogen and oxygen atoms in total. The lowest BCUT2D eigenvalue weighted by Gasteiger charge is -2.39. The van der Waals surface area contributed by atoms with E-state index in [0.29, 0.717) is 23.8 Å². The monoisotopic (exact) mass is 456 g/mol. The van der Waals surface area contributed by atoms with E-state index in [4.69, 9.17) is 11.6 Å². The third kappa shape index (κ3) is 3.70. The summed E-state index contributed by atoms with van der Waals surface area (Å²) in [6.45, 7) is 1.33. The first-order chi connectivity index (χ1) is 14.9. The molecule has 1 saturated heterocycles. The normalized spacial score (nSPS) is 19.6. The number of rotatable bonds is 4. The fraction of sp³-hybridized carbons (Fsp3) is 0.273. The molecular weight excluding hydrogens is 436 g/mol. The maximum Gasteiger partial charge on any atom is 0.282 e. The van der Waals surface area contributed by atoms with Crippen molar-refractivity contribution in [3.63, 3.8) is 0 Å². The van der Waals surface area contributed by atoms with E-state index < -0.39 is 16.1 Å². The van der Waals surface area contributed by atoms with Gasteiger partial charge in [-0.3, -0.25) is 9.78 Å². The highest BCUT2D eigenvalue weighted by Gasteiger charge is 2.40. The van der Waals surface area contributed by atoms with Crippen molar-refractivity contribution in [2.24, 2.45) is 0 Å². The molecular formula is C22H21ClN4O3S. The smallest absolute Gasteiger partial charge is 0.282 e. The number of hydrogen-bond donors (Lipinski definition) is 1. The zero-order valence-corrected chi connectivity index (χ0v) is 18.2. The maximum absolute atomic E-state index is 13.4. The first-order valence-corrected chi connectivity index (χ1v) is 11.9. The van der Waals surface area contributed by atoms with Gasteiger partial charge >= 0.3 is 0 Å². The van der Waals surface area contributed by atoms with Crippen molar-refractivity contribution in [1.29, 1.82) is 0 Å². The Morgan fingerprint density at radius 2 is 1.90 bits per heavy atom. The number of anilines is 1. The van der Waals surface area contributed by atoms with E-state index in [9.17, 15) is 13.2 Å². The van der Waals surface area contributed by atoms with Crippen molar-refractivity contribution in [2.75, 3.05) is 25.0 Å². The molecule has 1 atom stereocenters. The Hall–Kier alpha value is -2.52. The number of fused-ring (bicyclic) bond motifs is 2. The van der Waals surface area contributed by atoms with Crippen LogP contribution in [-0.4, -0.2) is 47.6 Å². The van der Waals surface area contributed by atoms with Crippen LogP contribution < -0.4 is 5.32 Å². The zero-order valence-electron chi connectivity index (χ0n) is 16.7. The molecule has 0 saturated carbocycles. The highest BCUT2D eigenvalue weighted by molar-refractivity contribution is 7.86. The standard InChI is InChI=1S/C22H21ClN4O3S/c23-17-7-6-16-13-27(31(29,30)26-8-3-9-26)14-20(19(16)10-17)22(28)25-21-12-24-11-15-4-1-2-5-18(15)21/h1-2,4-7,10-12,20H,3,8-9,13-14H2,(H,25,28)/t20-/m1/s1. The SMILES string of the molecule is O=C(Nc1cncc2ccccc12)[C@@H]1CN(S(=O)(=O)N2CCC2)Cc2ccc(Cl)cc21. The van der Waals surface area contributed by atoms with Crippen LogP contribution in [0.3, 0.4) is 0 Å². The number of amides is 1. The van der Waals surface area contributed by atoms with Gasteiger partial charge in [-0.05, 0) is 29.7 Å². The number of hydrogen-bond acceptors (Lipinski definition) is 4. The number of nitrogens with one attached hydrogen (secondary N) is 1. The van der Waals surface area contributed by atoms with Gasteiger partial charge in [0.2, 0.25) is 5.91 Å². The molecule has 0 bridgehead atoms. The second-order valence-electron chi connectivity index (χ2n) is 7.85. The summed E-state index contributed by atoms with van der Waals surface area (Å²) in [4.78, 5) is 17.6. The maximum atomic E-state index is 13.4. The highest BCUT2D eigenvalue weighted by Crippen LogP contribution is 2.34. The predicted molar refractivity (Wildman–Crippen MR) is 120 cm³/mol. The number of carbonyl (C=O) groups excluding carboxylic acids is 1. The minimum atomic E-state index is -3.61. The Morgan fingerprint density at radius 3 is 2.68 bits per heavy atom. The number of halogens is 1. The van der Waals surface area contributed by atoms with E-state index in [1.54, 1.807) is 30.6 Å². The van der Waals surface area contributed by atoms with Crippen LogP contribution in [0.2, 0.25) is 5.02 Å². The molecule has 2 aliphatic heterocycles. The summed E-state index contributed by atoms with van der Waals surface area (Å²) >= 11 is 6.21. The number of nitrogens with zero attached hydrogens (tertiary/aromatic N) is 3. The van der Waals surface area contributed by atoms with Gasteiger partial charge in [0.1, 0.15) is 0 Å². The van der Waals surface area contributed by atoms with Crippen LogP contribution in [0, 0.1) is 0 Å². The summed E-state index contributed by atoms with van der Waals surface area (Å²) in [5.74, 6) is -0.970. The molecule has 9 heteroatoms. The molecule has 160 valence electrons. The summed E-state index contributed by atoms with van der Waals surface area (Å²) in [7, 11) is -3.61. The third-order valence-electron chi connectivity index (χ3n) is 5.93. The Morgan fingerprint density at radius 1 is 1.10 bits per heavy atom. The Kier molecular flexibility index (Phi) is 5.18. The largest absolute Gasteiger partial charge is 0.324 e. The van der Waals surface area contributed by atoms with Crippen molar-refractivity contribution < 1.29 is 13.2 Å². The fourth-order valence-electron chi connectivity index (χ4n) is 4.11. The van der Waals surface area contributed by atoms with Crippen LogP contribution >= 0.6 is 11.6 Å². The lowest BCUT2D eigenvalue weighted by atomic mass is 9.90. The van der Waals surface area contributed by atoms with E-state index in [-0.39, 0.29) is 19.0 Å². The molecule has 1 N–H and O–H groups in total. The highest BCUT2D eigenvalue weighted by atomic mass is 35.5. The van der Waals surface area contributed by atoms with Crippen molar-refractivity contribution >= 4 is 44.2 Å². The molecule has 3 heterocycles. The Balaban J connectivity index is 1.50.